The van der Waals surface area contributed by atoms with E-state index in [9.17, 15) is 9.59 Å². The van der Waals surface area contributed by atoms with Crippen molar-refractivity contribution in [3.63, 3.8) is 0 Å². The first-order chi connectivity index (χ1) is 15.0. The molecule has 2 amide bonds. The first kappa shape index (κ1) is 21.1. The molecule has 0 N–H and O–H groups in total. The van der Waals surface area contributed by atoms with E-state index in [2.05, 4.69) is 9.97 Å². The van der Waals surface area contributed by atoms with Gasteiger partial charge in [0.1, 0.15) is 5.03 Å². The minimum Gasteiger partial charge on any atom is -0.335 e. The Morgan fingerprint density at radius 1 is 1.13 bits per heavy atom. The zero-order chi connectivity index (χ0) is 22.0. The highest BCUT2D eigenvalue weighted by atomic mass is 32.2. The lowest BCUT2D eigenvalue weighted by Gasteiger charge is -2.27. The number of fused-ring (bicyclic) bond motifs is 2. The summed E-state index contributed by atoms with van der Waals surface area (Å²) in [5.74, 6) is -0.119. The second-order valence-corrected chi connectivity index (χ2v) is 8.62. The monoisotopic (exact) mass is 432 g/mol. The molecule has 2 aromatic heterocycles. The minimum atomic E-state index is -0.0729. The van der Waals surface area contributed by atoms with Crippen molar-refractivity contribution < 1.29 is 9.59 Å². The normalized spacial score (nSPS) is 12.9. The molecule has 158 valence electrons. The van der Waals surface area contributed by atoms with Crippen molar-refractivity contribution in [2.75, 3.05) is 11.4 Å². The number of carbonyl (C=O) groups excluding carboxylic acids is 2. The third kappa shape index (κ3) is 4.18. The Hall–Kier alpha value is -3.19. The molecule has 0 aliphatic carbocycles. The zero-order valence-electron chi connectivity index (χ0n) is 17.8. The molecular formula is C24H24N4O2S. The summed E-state index contributed by atoms with van der Waals surface area (Å²) in [4.78, 5) is 39.4. The summed E-state index contributed by atoms with van der Waals surface area (Å²) in [7, 11) is 0. The Balaban J connectivity index is 1.71. The smallest absolute Gasteiger partial charge is 0.261 e. The van der Waals surface area contributed by atoms with Gasteiger partial charge in [-0.25, -0.2) is 4.98 Å². The molecule has 0 unspecified atom stereocenters. The predicted octanol–water partition coefficient (Wildman–Crippen LogP) is 4.66. The molecular weight excluding hydrogens is 408 g/mol. The number of benzene rings is 1. The van der Waals surface area contributed by atoms with E-state index < -0.39 is 0 Å². The van der Waals surface area contributed by atoms with Gasteiger partial charge in [-0.1, -0.05) is 11.8 Å². The summed E-state index contributed by atoms with van der Waals surface area (Å²) in [6, 6.07) is 12.9. The SMILES string of the molecule is CCN(Cc1ccncc1)C(=O)c1ccc2c(c1)Sc1ncccc1C(=O)N2C(C)C. The first-order valence-corrected chi connectivity index (χ1v) is 11.1. The molecule has 0 spiro atoms. The molecule has 1 aliphatic heterocycles. The van der Waals surface area contributed by atoms with E-state index in [1.807, 2.05) is 51.1 Å². The highest BCUT2D eigenvalue weighted by Crippen LogP contribution is 2.41. The van der Waals surface area contributed by atoms with Gasteiger partial charge < -0.3 is 9.80 Å². The highest BCUT2D eigenvalue weighted by molar-refractivity contribution is 7.99. The molecule has 0 saturated heterocycles. The van der Waals surface area contributed by atoms with Crippen LogP contribution >= 0.6 is 11.8 Å². The van der Waals surface area contributed by atoms with Gasteiger partial charge >= 0.3 is 0 Å². The standard InChI is InChI=1S/C24H24N4O2S/c1-4-27(15-17-9-12-25-13-10-17)23(29)18-7-8-20-21(14-18)31-22-19(6-5-11-26-22)24(30)28(20)16(2)3/h5-14,16H,4,15H2,1-3H3. The summed E-state index contributed by atoms with van der Waals surface area (Å²) in [6.45, 7) is 7.05. The number of hydrogen-bond acceptors (Lipinski definition) is 5. The first-order valence-electron chi connectivity index (χ1n) is 10.3. The average Bonchev–Trinajstić information content (AvgIpc) is 2.91. The van der Waals surface area contributed by atoms with E-state index in [-0.39, 0.29) is 17.9 Å². The summed E-state index contributed by atoms with van der Waals surface area (Å²) in [5.41, 5.74) is 3.01. The van der Waals surface area contributed by atoms with Crippen LogP contribution in [0.3, 0.4) is 0 Å². The number of aromatic nitrogens is 2. The molecule has 6 nitrogen and oxygen atoms in total. The topological polar surface area (TPSA) is 66.4 Å². The molecule has 1 aromatic carbocycles. The number of hydrogen-bond donors (Lipinski definition) is 0. The maximum atomic E-state index is 13.3. The Kier molecular flexibility index (Phi) is 6.04. The maximum absolute atomic E-state index is 13.3. The second-order valence-electron chi connectivity index (χ2n) is 7.58. The van der Waals surface area contributed by atoms with Crippen molar-refractivity contribution in [2.24, 2.45) is 0 Å². The second kappa shape index (κ2) is 8.89. The number of rotatable bonds is 5. The molecule has 0 bridgehead atoms. The molecule has 7 heteroatoms. The quantitative estimate of drug-likeness (QED) is 0.587. The Morgan fingerprint density at radius 2 is 1.90 bits per heavy atom. The van der Waals surface area contributed by atoms with Gasteiger partial charge in [0.25, 0.3) is 11.8 Å². The fraction of sp³-hybridized carbons (Fsp3) is 0.250. The van der Waals surface area contributed by atoms with Gasteiger partial charge in [-0.15, -0.1) is 0 Å². The molecule has 1 aliphatic rings. The third-order valence-electron chi connectivity index (χ3n) is 5.20. The number of anilines is 1. The number of nitrogens with zero attached hydrogens (tertiary/aromatic N) is 4. The van der Waals surface area contributed by atoms with Crippen LogP contribution in [-0.2, 0) is 6.54 Å². The van der Waals surface area contributed by atoms with Gasteiger partial charge in [0.15, 0.2) is 0 Å². The lowest BCUT2D eigenvalue weighted by Crippen LogP contribution is -2.37. The van der Waals surface area contributed by atoms with Crippen LogP contribution < -0.4 is 4.90 Å². The Bertz CT molecular complexity index is 1120. The summed E-state index contributed by atoms with van der Waals surface area (Å²) in [5, 5.41) is 0.658. The van der Waals surface area contributed by atoms with Crippen LogP contribution in [0.4, 0.5) is 5.69 Å². The van der Waals surface area contributed by atoms with Crippen LogP contribution in [0.5, 0.6) is 0 Å². The van der Waals surface area contributed by atoms with Crippen LogP contribution in [-0.4, -0.2) is 39.3 Å². The Labute approximate surface area is 186 Å². The molecule has 3 heterocycles. The molecule has 0 saturated carbocycles. The summed E-state index contributed by atoms with van der Waals surface area (Å²) in [6.07, 6.45) is 5.15. The molecule has 0 radical (unpaired) electrons. The summed E-state index contributed by atoms with van der Waals surface area (Å²) < 4.78 is 0. The summed E-state index contributed by atoms with van der Waals surface area (Å²) >= 11 is 1.43. The van der Waals surface area contributed by atoms with Crippen molar-refractivity contribution in [3.8, 4) is 0 Å². The fourth-order valence-corrected chi connectivity index (χ4v) is 4.68. The molecule has 3 aromatic rings. The predicted molar refractivity (Wildman–Crippen MR) is 121 cm³/mol. The number of carbonyl (C=O) groups is 2. The average molecular weight is 433 g/mol. The Morgan fingerprint density at radius 3 is 2.61 bits per heavy atom. The van der Waals surface area contributed by atoms with Crippen LogP contribution in [0.2, 0.25) is 0 Å². The van der Waals surface area contributed by atoms with E-state index in [1.54, 1.807) is 40.5 Å². The van der Waals surface area contributed by atoms with Crippen LogP contribution in [0.15, 0.2) is 71.0 Å². The van der Waals surface area contributed by atoms with E-state index in [0.29, 0.717) is 29.2 Å². The van der Waals surface area contributed by atoms with E-state index >= 15 is 0 Å². The van der Waals surface area contributed by atoms with Gasteiger partial charge in [0, 0.05) is 48.2 Å². The molecule has 4 rings (SSSR count). The van der Waals surface area contributed by atoms with Gasteiger partial charge in [-0.3, -0.25) is 14.6 Å². The van der Waals surface area contributed by atoms with E-state index in [1.165, 1.54) is 11.8 Å². The van der Waals surface area contributed by atoms with Crippen molar-refractivity contribution in [3.05, 3.63) is 77.7 Å². The number of amides is 2. The zero-order valence-corrected chi connectivity index (χ0v) is 18.6. The van der Waals surface area contributed by atoms with Crippen molar-refractivity contribution in [2.45, 2.75) is 43.3 Å². The van der Waals surface area contributed by atoms with Gasteiger partial charge in [0.05, 0.1) is 11.3 Å². The highest BCUT2D eigenvalue weighted by Gasteiger charge is 2.30. The van der Waals surface area contributed by atoms with Gasteiger partial charge in [-0.2, -0.15) is 0 Å². The maximum Gasteiger partial charge on any atom is 0.261 e. The van der Waals surface area contributed by atoms with Gasteiger partial charge in [0.2, 0.25) is 0 Å². The third-order valence-corrected chi connectivity index (χ3v) is 6.27. The van der Waals surface area contributed by atoms with Gasteiger partial charge in [-0.05, 0) is 68.8 Å². The van der Waals surface area contributed by atoms with Crippen molar-refractivity contribution in [1.82, 2.24) is 14.9 Å². The largest absolute Gasteiger partial charge is 0.335 e. The van der Waals surface area contributed by atoms with Crippen molar-refractivity contribution in [1.29, 1.82) is 0 Å². The fourth-order valence-electron chi connectivity index (χ4n) is 3.64. The number of pyridine rings is 2. The van der Waals surface area contributed by atoms with Crippen LogP contribution in [0.1, 0.15) is 47.1 Å². The van der Waals surface area contributed by atoms with E-state index in [4.69, 9.17) is 0 Å². The van der Waals surface area contributed by atoms with Crippen molar-refractivity contribution >= 4 is 29.3 Å². The molecule has 0 fully saturated rings. The molecule has 31 heavy (non-hydrogen) atoms. The lowest BCUT2D eigenvalue weighted by atomic mass is 10.1. The minimum absolute atomic E-state index is 0.0293. The lowest BCUT2D eigenvalue weighted by molar-refractivity contribution is 0.0752. The van der Waals surface area contributed by atoms with E-state index in [0.717, 1.165) is 16.1 Å². The van der Waals surface area contributed by atoms with Crippen LogP contribution in [0, 0.1) is 0 Å². The van der Waals surface area contributed by atoms with Crippen LogP contribution in [0.25, 0.3) is 0 Å². The molecule has 0 atom stereocenters.